The first-order chi connectivity index (χ1) is 12.4. The van der Waals surface area contributed by atoms with E-state index in [0.717, 1.165) is 22.2 Å². The van der Waals surface area contributed by atoms with Gasteiger partial charge in [-0.2, -0.15) is 11.8 Å². The summed E-state index contributed by atoms with van der Waals surface area (Å²) in [6.07, 6.45) is 1.09. The number of nitrogens with zero attached hydrogens (tertiary/aromatic N) is 1. The Labute approximate surface area is 164 Å². The van der Waals surface area contributed by atoms with Gasteiger partial charge in [-0.1, -0.05) is 23.7 Å². The number of hydrogen-bond donors (Lipinski definition) is 2. The number of benzene rings is 1. The average Bonchev–Trinajstić information content (AvgIpc) is 3.12. The summed E-state index contributed by atoms with van der Waals surface area (Å²) in [7, 11) is 0. The molecule has 3 amide bonds. The normalized spacial score (nSPS) is 24.5. The first kappa shape index (κ1) is 19.3. The van der Waals surface area contributed by atoms with Crippen LogP contribution in [0, 0.1) is 0 Å². The molecule has 2 atom stereocenters. The summed E-state index contributed by atoms with van der Waals surface area (Å²) < 4.78 is 0. The Morgan fingerprint density at radius 1 is 1.31 bits per heavy atom. The van der Waals surface area contributed by atoms with Crippen molar-refractivity contribution in [3.05, 3.63) is 39.8 Å². The van der Waals surface area contributed by atoms with Gasteiger partial charge in [-0.3, -0.25) is 19.3 Å². The minimum Gasteiger partial charge on any atom is -0.390 e. The molecule has 26 heavy (non-hydrogen) atoms. The largest absolute Gasteiger partial charge is 0.390 e. The molecular weight excluding hydrogens is 396 g/mol. The summed E-state index contributed by atoms with van der Waals surface area (Å²) in [5.74, 6) is 0.582. The van der Waals surface area contributed by atoms with Crippen molar-refractivity contribution in [1.29, 1.82) is 0 Å². The molecule has 2 aliphatic heterocycles. The van der Waals surface area contributed by atoms with E-state index in [1.54, 1.807) is 42.1 Å². The minimum atomic E-state index is -0.552. The number of carbonyl (C=O) groups excluding carboxylic acids is 3. The third kappa shape index (κ3) is 4.62. The number of aliphatic hydroxyl groups excluding tert-OH is 1. The topological polar surface area (TPSA) is 86.7 Å². The SMILES string of the molecule is O=C(CCN1C(=O)S/C(=C\c2ccc(Cl)cc2)C1=O)NC1CSCC1O. The Morgan fingerprint density at radius 2 is 2.04 bits per heavy atom. The van der Waals surface area contributed by atoms with Crippen LogP contribution in [-0.2, 0) is 9.59 Å². The Hall–Kier alpha value is -1.48. The molecule has 0 bridgehead atoms. The number of aliphatic hydroxyl groups is 1. The fraction of sp³-hybridized carbons (Fsp3) is 0.353. The van der Waals surface area contributed by atoms with E-state index in [-0.39, 0.29) is 30.2 Å². The lowest BCUT2D eigenvalue weighted by Crippen LogP contribution is -2.43. The van der Waals surface area contributed by atoms with Crippen LogP contribution in [0.3, 0.4) is 0 Å². The highest BCUT2D eigenvalue weighted by Gasteiger charge is 2.35. The van der Waals surface area contributed by atoms with E-state index < -0.39 is 12.0 Å². The zero-order valence-electron chi connectivity index (χ0n) is 13.7. The van der Waals surface area contributed by atoms with Crippen molar-refractivity contribution in [2.24, 2.45) is 0 Å². The van der Waals surface area contributed by atoms with Gasteiger partial charge < -0.3 is 10.4 Å². The lowest BCUT2D eigenvalue weighted by atomic mass is 10.2. The lowest BCUT2D eigenvalue weighted by molar-refractivity contribution is -0.124. The van der Waals surface area contributed by atoms with Crippen LogP contribution in [0.2, 0.25) is 5.02 Å². The van der Waals surface area contributed by atoms with Crippen LogP contribution in [0.25, 0.3) is 6.08 Å². The molecule has 138 valence electrons. The number of rotatable bonds is 5. The van der Waals surface area contributed by atoms with Crippen LogP contribution >= 0.6 is 35.1 Å². The number of thioether (sulfide) groups is 2. The molecule has 2 aliphatic rings. The number of hydrogen-bond acceptors (Lipinski definition) is 6. The van der Waals surface area contributed by atoms with E-state index in [2.05, 4.69) is 5.32 Å². The number of amides is 3. The van der Waals surface area contributed by atoms with E-state index in [9.17, 15) is 19.5 Å². The van der Waals surface area contributed by atoms with Gasteiger partial charge in [0.15, 0.2) is 0 Å². The van der Waals surface area contributed by atoms with Crippen LogP contribution in [0.4, 0.5) is 4.79 Å². The molecule has 3 rings (SSSR count). The van der Waals surface area contributed by atoms with Crippen molar-refractivity contribution < 1.29 is 19.5 Å². The maximum atomic E-state index is 12.4. The van der Waals surface area contributed by atoms with E-state index >= 15 is 0 Å². The molecule has 1 aromatic carbocycles. The summed E-state index contributed by atoms with van der Waals surface area (Å²) >= 11 is 8.27. The van der Waals surface area contributed by atoms with Gasteiger partial charge in [0.05, 0.1) is 17.1 Å². The summed E-state index contributed by atoms with van der Waals surface area (Å²) in [6, 6.07) is 6.66. The maximum absolute atomic E-state index is 12.4. The minimum absolute atomic E-state index is 0.0140. The third-order valence-corrected chi connectivity index (χ3v) is 6.33. The Kier molecular flexibility index (Phi) is 6.29. The molecule has 1 aromatic rings. The highest BCUT2D eigenvalue weighted by molar-refractivity contribution is 8.18. The third-order valence-electron chi connectivity index (χ3n) is 4.00. The summed E-state index contributed by atoms with van der Waals surface area (Å²) in [5.41, 5.74) is 0.769. The monoisotopic (exact) mass is 412 g/mol. The van der Waals surface area contributed by atoms with Crippen molar-refractivity contribution in [3.63, 3.8) is 0 Å². The van der Waals surface area contributed by atoms with Gasteiger partial charge in [-0.15, -0.1) is 0 Å². The second kappa shape index (κ2) is 8.47. The van der Waals surface area contributed by atoms with E-state index in [1.807, 2.05) is 0 Å². The quantitative estimate of drug-likeness (QED) is 0.722. The highest BCUT2D eigenvalue weighted by atomic mass is 35.5. The average molecular weight is 413 g/mol. The number of imide groups is 1. The van der Waals surface area contributed by atoms with Gasteiger partial charge in [0, 0.05) is 29.5 Å². The molecule has 2 heterocycles. The van der Waals surface area contributed by atoms with Crippen molar-refractivity contribution in [2.45, 2.75) is 18.6 Å². The van der Waals surface area contributed by atoms with Gasteiger partial charge in [-0.05, 0) is 35.5 Å². The molecule has 6 nitrogen and oxygen atoms in total. The van der Waals surface area contributed by atoms with Gasteiger partial charge in [-0.25, -0.2) is 0 Å². The smallest absolute Gasteiger partial charge is 0.293 e. The van der Waals surface area contributed by atoms with Crippen LogP contribution in [0.15, 0.2) is 29.2 Å². The second-order valence-corrected chi connectivity index (χ2v) is 8.42. The van der Waals surface area contributed by atoms with Crippen LogP contribution in [0.5, 0.6) is 0 Å². The number of nitrogens with one attached hydrogen (secondary N) is 1. The predicted molar refractivity (Wildman–Crippen MR) is 104 cm³/mol. The van der Waals surface area contributed by atoms with Gasteiger partial charge in [0.1, 0.15) is 0 Å². The molecule has 9 heteroatoms. The van der Waals surface area contributed by atoms with Crippen molar-refractivity contribution in [1.82, 2.24) is 10.2 Å². The predicted octanol–water partition coefficient (Wildman–Crippen LogP) is 2.36. The standard InChI is InChI=1S/C17H17ClN2O4S2/c18-11-3-1-10(2-4-11)7-14-16(23)20(17(24)26-14)6-5-15(22)19-12-8-25-9-13(12)21/h1-4,7,12-13,21H,5-6,8-9H2,(H,19,22)/b14-7-. The Bertz CT molecular complexity index is 754. The summed E-state index contributed by atoms with van der Waals surface area (Å²) in [6.45, 7) is 0.0183. The zero-order valence-corrected chi connectivity index (χ0v) is 16.1. The first-order valence-corrected chi connectivity index (χ1v) is 10.3. The molecule has 2 saturated heterocycles. The number of halogens is 1. The Morgan fingerprint density at radius 3 is 2.69 bits per heavy atom. The molecule has 0 radical (unpaired) electrons. The molecule has 2 unspecified atom stereocenters. The van der Waals surface area contributed by atoms with Crippen molar-refractivity contribution in [3.8, 4) is 0 Å². The zero-order chi connectivity index (χ0) is 18.7. The van der Waals surface area contributed by atoms with Gasteiger partial charge in [0.2, 0.25) is 5.91 Å². The van der Waals surface area contributed by atoms with Crippen molar-refractivity contribution >= 4 is 58.3 Å². The van der Waals surface area contributed by atoms with E-state index in [4.69, 9.17) is 11.6 Å². The van der Waals surface area contributed by atoms with Gasteiger partial charge >= 0.3 is 0 Å². The molecular formula is C17H17ClN2O4S2. The van der Waals surface area contributed by atoms with E-state index in [0.29, 0.717) is 21.4 Å². The highest BCUT2D eigenvalue weighted by Crippen LogP contribution is 2.32. The summed E-state index contributed by atoms with van der Waals surface area (Å²) in [4.78, 5) is 37.9. The number of carbonyl (C=O) groups is 3. The fourth-order valence-electron chi connectivity index (χ4n) is 2.58. The maximum Gasteiger partial charge on any atom is 0.293 e. The Balaban J connectivity index is 1.57. The molecule has 0 aliphatic carbocycles. The second-order valence-electron chi connectivity index (χ2n) is 5.91. The van der Waals surface area contributed by atoms with E-state index in [1.165, 1.54) is 0 Å². The molecule has 2 fully saturated rings. The van der Waals surface area contributed by atoms with Crippen LogP contribution in [-0.4, -0.2) is 57.3 Å². The van der Waals surface area contributed by atoms with Crippen LogP contribution in [0.1, 0.15) is 12.0 Å². The molecule has 0 saturated carbocycles. The van der Waals surface area contributed by atoms with Gasteiger partial charge in [0.25, 0.3) is 11.1 Å². The molecule has 2 N–H and O–H groups in total. The fourth-order valence-corrected chi connectivity index (χ4v) is 4.74. The summed E-state index contributed by atoms with van der Waals surface area (Å²) in [5, 5.41) is 12.7. The molecule has 0 aromatic heterocycles. The van der Waals surface area contributed by atoms with Crippen LogP contribution < -0.4 is 5.32 Å². The molecule has 0 spiro atoms. The lowest BCUT2D eigenvalue weighted by Gasteiger charge is -2.17. The first-order valence-electron chi connectivity index (χ1n) is 8.00. The van der Waals surface area contributed by atoms with Crippen molar-refractivity contribution in [2.75, 3.05) is 18.1 Å².